The van der Waals surface area contributed by atoms with Crippen molar-refractivity contribution >= 4 is 15.9 Å². The molecule has 0 aliphatic heterocycles. The first-order valence-corrected chi connectivity index (χ1v) is 7.65. The molecule has 0 aromatic heterocycles. The number of halogens is 1. The normalized spacial score (nSPS) is 12.0. The van der Waals surface area contributed by atoms with E-state index in [0.717, 1.165) is 34.4 Å². The van der Waals surface area contributed by atoms with Crippen LogP contribution in [0.4, 0.5) is 0 Å². The highest BCUT2D eigenvalue weighted by Crippen LogP contribution is 2.28. The minimum atomic E-state index is 0.00862. The third kappa shape index (κ3) is 4.22. The summed E-state index contributed by atoms with van der Waals surface area (Å²) in [4.78, 5) is 0. The number of hydrogen-bond acceptors (Lipinski definition) is 3. The maximum atomic E-state index is 6.27. The lowest BCUT2D eigenvalue weighted by molar-refractivity contribution is 0.412. The summed E-state index contributed by atoms with van der Waals surface area (Å²) >= 11 is 3.49. The molecular weight excluding hydrogens is 330 g/mol. The second-order valence-electron chi connectivity index (χ2n) is 4.89. The number of ether oxygens (including phenoxy) is 2. The molecule has 4 heteroatoms. The lowest BCUT2D eigenvalue weighted by Crippen LogP contribution is -2.11. The van der Waals surface area contributed by atoms with E-state index in [4.69, 9.17) is 15.2 Å². The van der Waals surface area contributed by atoms with E-state index in [9.17, 15) is 0 Å². The Labute approximate surface area is 134 Å². The first-order chi connectivity index (χ1) is 10.1. The molecule has 1 atom stereocenters. The van der Waals surface area contributed by atoms with Crippen LogP contribution in [-0.4, -0.2) is 14.2 Å². The molecule has 2 rings (SSSR count). The summed E-state index contributed by atoms with van der Waals surface area (Å²) in [6.07, 6.45) is 1.83. The second kappa shape index (κ2) is 7.48. The van der Waals surface area contributed by atoms with Gasteiger partial charge >= 0.3 is 0 Å². The van der Waals surface area contributed by atoms with E-state index < -0.39 is 0 Å². The van der Waals surface area contributed by atoms with Crippen LogP contribution in [0, 0.1) is 0 Å². The van der Waals surface area contributed by atoms with Crippen LogP contribution in [0.3, 0.4) is 0 Å². The van der Waals surface area contributed by atoms with Crippen molar-refractivity contribution in [2.75, 3.05) is 14.2 Å². The van der Waals surface area contributed by atoms with Gasteiger partial charge in [0.1, 0.15) is 11.5 Å². The van der Waals surface area contributed by atoms with Crippen LogP contribution in [0.1, 0.15) is 23.6 Å². The van der Waals surface area contributed by atoms with Gasteiger partial charge in [0.15, 0.2) is 0 Å². The molecule has 0 amide bonds. The van der Waals surface area contributed by atoms with Crippen molar-refractivity contribution in [2.45, 2.75) is 18.9 Å². The van der Waals surface area contributed by atoms with Gasteiger partial charge in [-0.2, -0.15) is 0 Å². The Morgan fingerprint density at radius 1 is 1.05 bits per heavy atom. The number of benzene rings is 2. The topological polar surface area (TPSA) is 44.5 Å². The Kier molecular flexibility index (Phi) is 5.65. The van der Waals surface area contributed by atoms with Gasteiger partial charge < -0.3 is 15.2 Å². The molecule has 0 fully saturated rings. The highest BCUT2D eigenvalue weighted by Gasteiger charge is 2.09. The molecule has 21 heavy (non-hydrogen) atoms. The molecule has 2 N–H and O–H groups in total. The predicted octanol–water partition coefficient (Wildman–Crippen LogP) is 4.10. The molecule has 0 radical (unpaired) electrons. The average molecular weight is 350 g/mol. The average Bonchev–Trinajstić information content (AvgIpc) is 2.53. The number of rotatable bonds is 6. The maximum absolute atomic E-state index is 6.27. The number of nitrogens with two attached hydrogens (primary N) is 1. The Bertz CT molecular complexity index is 584. The minimum Gasteiger partial charge on any atom is -0.497 e. The Morgan fingerprint density at radius 3 is 2.33 bits per heavy atom. The van der Waals surface area contributed by atoms with Gasteiger partial charge in [-0.25, -0.2) is 0 Å². The van der Waals surface area contributed by atoms with Gasteiger partial charge in [-0.3, -0.25) is 0 Å². The fraction of sp³-hybridized carbons (Fsp3) is 0.294. The van der Waals surface area contributed by atoms with E-state index in [0.29, 0.717) is 0 Å². The third-order valence-corrected chi connectivity index (χ3v) is 4.13. The molecule has 0 bridgehead atoms. The van der Waals surface area contributed by atoms with Crippen LogP contribution >= 0.6 is 15.9 Å². The first kappa shape index (κ1) is 15.9. The van der Waals surface area contributed by atoms with Crippen molar-refractivity contribution in [1.29, 1.82) is 0 Å². The molecule has 1 unspecified atom stereocenters. The number of methoxy groups -OCH3 is 2. The molecule has 0 aliphatic rings. The summed E-state index contributed by atoms with van der Waals surface area (Å²) in [7, 11) is 3.33. The smallest absolute Gasteiger partial charge is 0.133 e. The van der Waals surface area contributed by atoms with Gasteiger partial charge in [0.05, 0.1) is 18.7 Å². The molecule has 112 valence electrons. The van der Waals surface area contributed by atoms with Gasteiger partial charge in [0, 0.05) is 6.04 Å². The van der Waals surface area contributed by atoms with Crippen LogP contribution in [-0.2, 0) is 6.42 Å². The van der Waals surface area contributed by atoms with Crippen molar-refractivity contribution in [3.05, 3.63) is 58.1 Å². The summed E-state index contributed by atoms with van der Waals surface area (Å²) in [5.74, 6) is 1.70. The third-order valence-electron chi connectivity index (χ3n) is 3.51. The molecular formula is C17H20BrNO2. The largest absolute Gasteiger partial charge is 0.497 e. The standard InChI is InChI=1S/C17H20BrNO2/c1-20-14-7-3-12(4-8-14)5-9-16(19)13-6-10-17(21-2)15(18)11-13/h3-4,6-8,10-11,16H,5,9,19H2,1-2H3. The van der Waals surface area contributed by atoms with Crippen molar-refractivity contribution in [1.82, 2.24) is 0 Å². The molecule has 0 saturated carbocycles. The van der Waals surface area contributed by atoms with Crippen molar-refractivity contribution in [3.8, 4) is 11.5 Å². The van der Waals surface area contributed by atoms with E-state index >= 15 is 0 Å². The zero-order valence-corrected chi connectivity index (χ0v) is 13.9. The van der Waals surface area contributed by atoms with E-state index in [1.807, 2.05) is 30.3 Å². The quantitative estimate of drug-likeness (QED) is 0.853. The van der Waals surface area contributed by atoms with E-state index in [-0.39, 0.29) is 6.04 Å². The highest BCUT2D eigenvalue weighted by molar-refractivity contribution is 9.10. The Morgan fingerprint density at radius 2 is 1.76 bits per heavy atom. The lowest BCUT2D eigenvalue weighted by Gasteiger charge is -2.14. The SMILES string of the molecule is COc1ccc(CCC(N)c2ccc(OC)c(Br)c2)cc1. The molecule has 0 heterocycles. The summed E-state index contributed by atoms with van der Waals surface area (Å²) in [5.41, 5.74) is 8.64. The highest BCUT2D eigenvalue weighted by atomic mass is 79.9. The second-order valence-corrected chi connectivity index (χ2v) is 5.74. The van der Waals surface area contributed by atoms with Gasteiger partial charge in [0.25, 0.3) is 0 Å². The molecule has 0 aliphatic carbocycles. The van der Waals surface area contributed by atoms with E-state index in [2.05, 4.69) is 28.1 Å². The van der Waals surface area contributed by atoms with Gasteiger partial charge in [0.2, 0.25) is 0 Å². The molecule has 0 saturated heterocycles. The van der Waals surface area contributed by atoms with E-state index in [1.54, 1.807) is 14.2 Å². The monoisotopic (exact) mass is 349 g/mol. The van der Waals surface area contributed by atoms with Crippen LogP contribution in [0.2, 0.25) is 0 Å². The van der Waals surface area contributed by atoms with Crippen LogP contribution in [0.15, 0.2) is 46.9 Å². The zero-order chi connectivity index (χ0) is 15.2. The van der Waals surface area contributed by atoms with Crippen LogP contribution in [0.5, 0.6) is 11.5 Å². The summed E-state index contributed by atoms with van der Waals surface area (Å²) < 4.78 is 11.3. The molecule has 2 aromatic carbocycles. The molecule has 2 aromatic rings. The maximum Gasteiger partial charge on any atom is 0.133 e. The van der Waals surface area contributed by atoms with E-state index in [1.165, 1.54) is 5.56 Å². The fourth-order valence-corrected chi connectivity index (χ4v) is 2.75. The lowest BCUT2D eigenvalue weighted by atomic mass is 9.99. The summed E-state index contributed by atoms with van der Waals surface area (Å²) in [5, 5.41) is 0. The van der Waals surface area contributed by atoms with Gasteiger partial charge in [-0.1, -0.05) is 18.2 Å². The summed E-state index contributed by atoms with van der Waals surface area (Å²) in [6.45, 7) is 0. The zero-order valence-electron chi connectivity index (χ0n) is 12.3. The van der Waals surface area contributed by atoms with Crippen molar-refractivity contribution < 1.29 is 9.47 Å². The molecule has 3 nitrogen and oxygen atoms in total. The van der Waals surface area contributed by atoms with Crippen LogP contribution < -0.4 is 15.2 Å². The van der Waals surface area contributed by atoms with Gasteiger partial charge in [-0.15, -0.1) is 0 Å². The van der Waals surface area contributed by atoms with Crippen molar-refractivity contribution in [3.63, 3.8) is 0 Å². The number of aryl methyl sites for hydroxylation is 1. The summed E-state index contributed by atoms with van der Waals surface area (Å²) in [6, 6.07) is 14.1. The minimum absolute atomic E-state index is 0.00862. The van der Waals surface area contributed by atoms with Gasteiger partial charge in [-0.05, 0) is 64.2 Å². The Balaban J connectivity index is 1.97. The fourth-order valence-electron chi connectivity index (χ4n) is 2.19. The molecule has 0 spiro atoms. The van der Waals surface area contributed by atoms with Crippen LogP contribution in [0.25, 0.3) is 0 Å². The predicted molar refractivity (Wildman–Crippen MR) is 88.9 cm³/mol. The van der Waals surface area contributed by atoms with Crippen molar-refractivity contribution in [2.24, 2.45) is 5.73 Å². The number of hydrogen-bond donors (Lipinski definition) is 1. The first-order valence-electron chi connectivity index (χ1n) is 6.86. The Hall–Kier alpha value is -1.52.